The number of hydrogen-bond acceptors (Lipinski definition) is 3. The molecule has 2 aliphatic rings. The average Bonchev–Trinajstić information content (AvgIpc) is 2.47. The summed E-state index contributed by atoms with van der Waals surface area (Å²) in [5, 5.41) is 0. The minimum absolute atomic E-state index is 0.0260. The first-order valence-corrected chi connectivity index (χ1v) is 7.70. The molecular weight excluding hydrogens is 234 g/mol. The highest BCUT2D eigenvalue weighted by Gasteiger charge is 2.31. The van der Waals surface area contributed by atoms with E-state index in [0.29, 0.717) is 0 Å². The van der Waals surface area contributed by atoms with Crippen molar-refractivity contribution < 1.29 is 0 Å². The van der Waals surface area contributed by atoms with E-state index in [2.05, 4.69) is 22.0 Å². The van der Waals surface area contributed by atoms with E-state index in [0.717, 1.165) is 17.5 Å². The first-order valence-electron chi connectivity index (χ1n) is 7.70. The predicted molar refractivity (Wildman–Crippen MR) is 79.1 cm³/mol. The molecule has 1 aromatic rings. The Bertz CT molecular complexity index is 413. The van der Waals surface area contributed by atoms with E-state index in [4.69, 9.17) is 5.73 Å². The van der Waals surface area contributed by atoms with Crippen molar-refractivity contribution >= 4 is 5.69 Å². The molecule has 0 aromatic carbocycles. The van der Waals surface area contributed by atoms with Crippen LogP contribution >= 0.6 is 0 Å². The second-order valence-corrected chi connectivity index (χ2v) is 6.27. The maximum atomic E-state index is 5.85. The lowest BCUT2D eigenvalue weighted by molar-refractivity contribution is 0.202. The fourth-order valence-electron chi connectivity index (χ4n) is 3.69. The summed E-state index contributed by atoms with van der Waals surface area (Å²) >= 11 is 0. The molecule has 3 atom stereocenters. The third-order valence-corrected chi connectivity index (χ3v) is 4.89. The zero-order valence-corrected chi connectivity index (χ0v) is 11.9. The van der Waals surface area contributed by atoms with Crippen molar-refractivity contribution in [2.45, 2.75) is 45.1 Å². The zero-order valence-electron chi connectivity index (χ0n) is 11.9. The fourth-order valence-corrected chi connectivity index (χ4v) is 3.69. The summed E-state index contributed by atoms with van der Waals surface area (Å²) in [6, 6.07) is 4.29. The molecule has 1 aliphatic carbocycles. The lowest BCUT2D eigenvalue weighted by Gasteiger charge is -2.42. The largest absolute Gasteiger partial charge is 0.370 e. The topological polar surface area (TPSA) is 42.1 Å². The molecule has 0 bridgehead atoms. The molecule has 3 rings (SSSR count). The van der Waals surface area contributed by atoms with Crippen LogP contribution in [0.3, 0.4) is 0 Å². The number of rotatable bonds is 2. The third kappa shape index (κ3) is 2.76. The Morgan fingerprint density at radius 2 is 2.00 bits per heavy atom. The van der Waals surface area contributed by atoms with Crippen LogP contribution in [0.25, 0.3) is 0 Å². The van der Waals surface area contributed by atoms with Crippen LogP contribution in [-0.2, 0) is 0 Å². The lowest BCUT2D eigenvalue weighted by Crippen LogP contribution is -2.41. The van der Waals surface area contributed by atoms with Gasteiger partial charge in [-0.3, -0.25) is 4.98 Å². The van der Waals surface area contributed by atoms with Crippen molar-refractivity contribution in [3.63, 3.8) is 0 Å². The number of piperidine rings is 1. The lowest BCUT2D eigenvalue weighted by atomic mass is 9.75. The normalized spacial score (nSPS) is 28.8. The Hall–Kier alpha value is -1.09. The Morgan fingerprint density at radius 3 is 2.68 bits per heavy atom. The van der Waals surface area contributed by atoms with Crippen molar-refractivity contribution in [3.05, 3.63) is 24.0 Å². The Kier molecular flexibility index (Phi) is 3.74. The average molecular weight is 259 g/mol. The molecule has 2 fully saturated rings. The standard InChI is InChI=1S/C16H25N3/c1-12(17)16-7-6-15(10-18-16)19-9-8-13-4-2-3-5-14(13)11-19/h6-7,10,12-14H,2-5,8-9,11,17H2,1H3. The summed E-state index contributed by atoms with van der Waals surface area (Å²) in [4.78, 5) is 7.01. The minimum atomic E-state index is 0.0260. The number of nitrogens with zero attached hydrogens (tertiary/aromatic N) is 2. The van der Waals surface area contributed by atoms with E-state index in [1.807, 2.05) is 13.1 Å². The smallest absolute Gasteiger partial charge is 0.0569 e. The molecule has 0 spiro atoms. The van der Waals surface area contributed by atoms with E-state index in [9.17, 15) is 0 Å². The predicted octanol–water partition coefficient (Wildman–Crippen LogP) is 3.12. The van der Waals surface area contributed by atoms with Crippen LogP contribution in [0.5, 0.6) is 0 Å². The van der Waals surface area contributed by atoms with Gasteiger partial charge in [0, 0.05) is 19.1 Å². The number of aromatic nitrogens is 1. The molecule has 1 saturated carbocycles. The summed E-state index contributed by atoms with van der Waals surface area (Å²) in [7, 11) is 0. The van der Waals surface area contributed by atoms with Gasteiger partial charge in [0.15, 0.2) is 0 Å². The van der Waals surface area contributed by atoms with Gasteiger partial charge in [-0.15, -0.1) is 0 Å². The van der Waals surface area contributed by atoms with Gasteiger partial charge in [-0.05, 0) is 43.7 Å². The molecule has 0 amide bonds. The third-order valence-electron chi connectivity index (χ3n) is 4.89. The summed E-state index contributed by atoms with van der Waals surface area (Å²) < 4.78 is 0. The summed E-state index contributed by atoms with van der Waals surface area (Å²) in [5.41, 5.74) is 8.11. The van der Waals surface area contributed by atoms with Gasteiger partial charge in [0.05, 0.1) is 17.6 Å². The molecule has 19 heavy (non-hydrogen) atoms. The van der Waals surface area contributed by atoms with Gasteiger partial charge in [-0.2, -0.15) is 0 Å². The molecule has 3 unspecified atom stereocenters. The van der Waals surface area contributed by atoms with Crippen LogP contribution in [0, 0.1) is 11.8 Å². The molecule has 2 N–H and O–H groups in total. The van der Waals surface area contributed by atoms with Gasteiger partial charge in [0.2, 0.25) is 0 Å². The fraction of sp³-hybridized carbons (Fsp3) is 0.688. The van der Waals surface area contributed by atoms with Crippen LogP contribution < -0.4 is 10.6 Å². The van der Waals surface area contributed by atoms with E-state index in [1.165, 1.54) is 50.9 Å². The molecule has 1 aromatic heterocycles. The van der Waals surface area contributed by atoms with Gasteiger partial charge in [-0.25, -0.2) is 0 Å². The molecule has 2 heterocycles. The second kappa shape index (κ2) is 5.49. The van der Waals surface area contributed by atoms with Gasteiger partial charge in [0.1, 0.15) is 0 Å². The highest BCUT2D eigenvalue weighted by Crippen LogP contribution is 2.37. The van der Waals surface area contributed by atoms with Crippen LogP contribution in [0.2, 0.25) is 0 Å². The van der Waals surface area contributed by atoms with Crippen LogP contribution in [-0.4, -0.2) is 18.1 Å². The molecule has 1 saturated heterocycles. The first kappa shape index (κ1) is 12.9. The van der Waals surface area contributed by atoms with Gasteiger partial charge >= 0.3 is 0 Å². The number of anilines is 1. The SMILES string of the molecule is CC(N)c1ccc(N2CCC3CCCCC3C2)cn1. The Labute approximate surface area is 116 Å². The highest BCUT2D eigenvalue weighted by atomic mass is 15.1. The van der Waals surface area contributed by atoms with E-state index >= 15 is 0 Å². The maximum Gasteiger partial charge on any atom is 0.0569 e. The molecule has 1 aliphatic heterocycles. The monoisotopic (exact) mass is 259 g/mol. The number of hydrogen-bond donors (Lipinski definition) is 1. The molecule has 0 radical (unpaired) electrons. The van der Waals surface area contributed by atoms with E-state index < -0.39 is 0 Å². The molecule has 3 nitrogen and oxygen atoms in total. The molecule has 104 valence electrons. The van der Waals surface area contributed by atoms with Crippen molar-refractivity contribution in [1.29, 1.82) is 0 Å². The second-order valence-electron chi connectivity index (χ2n) is 6.27. The zero-order chi connectivity index (χ0) is 13.2. The van der Waals surface area contributed by atoms with Crippen LogP contribution in [0.1, 0.15) is 50.8 Å². The van der Waals surface area contributed by atoms with Crippen molar-refractivity contribution in [1.82, 2.24) is 4.98 Å². The maximum absolute atomic E-state index is 5.85. The minimum Gasteiger partial charge on any atom is -0.370 e. The summed E-state index contributed by atoms with van der Waals surface area (Å²) in [5.74, 6) is 1.90. The summed E-state index contributed by atoms with van der Waals surface area (Å²) in [6.07, 6.45) is 9.12. The van der Waals surface area contributed by atoms with E-state index in [1.54, 1.807) is 0 Å². The molecular formula is C16H25N3. The van der Waals surface area contributed by atoms with Crippen LogP contribution in [0.15, 0.2) is 18.3 Å². The Balaban J connectivity index is 1.69. The summed E-state index contributed by atoms with van der Waals surface area (Å²) in [6.45, 7) is 4.40. The highest BCUT2D eigenvalue weighted by molar-refractivity contribution is 5.45. The molecule has 3 heteroatoms. The first-order chi connectivity index (χ1) is 9.24. The van der Waals surface area contributed by atoms with Crippen molar-refractivity contribution in [3.8, 4) is 0 Å². The van der Waals surface area contributed by atoms with E-state index in [-0.39, 0.29) is 6.04 Å². The van der Waals surface area contributed by atoms with Gasteiger partial charge in [-0.1, -0.05) is 19.3 Å². The Morgan fingerprint density at radius 1 is 1.21 bits per heavy atom. The van der Waals surface area contributed by atoms with Crippen molar-refractivity contribution in [2.24, 2.45) is 17.6 Å². The number of fused-ring (bicyclic) bond motifs is 1. The quantitative estimate of drug-likeness (QED) is 0.887. The number of pyridine rings is 1. The van der Waals surface area contributed by atoms with Gasteiger partial charge < -0.3 is 10.6 Å². The number of nitrogens with two attached hydrogens (primary N) is 1. The van der Waals surface area contributed by atoms with Crippen molar-refractivity contribution in [2.75, 3.05) is 18.0 Å². The van der Waals surface area contributed by atoms with Crippen LogP contribution in [0.4, 0.5) is 5.69 Å². The van der Waals surface area contributed by atoms with Gasteiger partial charge in [0.25, 0.3) is 0 Å².